The van der Waals surface area contributed by atoms with Crippen LogP contribution in [0.5, 0.6) is 0 Å². The van der Waals surface area contributed by atoms with Crippen LogP contribution in [-0.2, 0) is 0 Å². The maximum atomic E-state index is 5.43. The lowest BCUT2D eigenvalue weighted by Gasteiger charge is -1.94. The van der Waals surface area contributed by atoms with Gasteiger partial charge in [0, 0.05) is 5.56 Å². The van der Waals surface area contributed by atoms with Gasteiger partial charge in [-0.25, -0.2) is 4.98 Å². The Bertz CT molecular complexity index is 653. The van der Waals surface area contributed by atoms with E-state index >= 15 is 0 Å². The summed E-state index contributed by atoms with van der Waals surface area (Å²) in [7, 11) is 0. The molecule has 3 N–H and O–H groups in total. The van der Waals surface area contributed by atoms with Gasteiger partial charge in [0.1, 0.15) is 17.8 Å². The van der Waals surface area contributed by atoms with E-state index in [0.29, 0.717) is 0 Å². The van der Waals surface area contributed by atoms with E-state index in [9.17, 15) is 0 Å². The molecule has 3 rings (SSSR count). The molecule has 2 aromatic heterocycles. The molecule has 0 unspecified atom stereocenters. The van der Waals surface area contributed by atoms with Crippen molar-refractivity contribution in [1.29, 1.82) is 0 Å². The molecule has 0 spiro atoms. The van der Waals surface area contributed by atoms with Crippen molar-refractivity contribution in [3.8, 4) is 11.3 Å². The van der Waals surface area contributed by atoms with E-state index in [-0.39, 0.29) is 6.01 Å². The largest absolute Gasteiger partial charge is 0.432 e. The first-order chi connectivity index (χ1) is 7.72. The normalized spacial score (nSPS) is 11.1. The van der Waals surface area contributed by atoms with Gasteiger partial charge in [-0.05, 0) is 19.1 Å². The molecule has 0 saturated carbocycles. The molecule has 0 radical (unpaired) electrons. The van der Waals surface area contributed by atoms with Crippen LogP contribution in [0.4, 0.5) is 6.01 Å². The molecule has 0 bridgehead atoms. The second-order valence-electron chi connectivity index (χ2n) is 3.63. The molecule has 80 valence electrons. The number of nitrogens with two attached hydrogens (primary N) is 1. The summed E-state index contributed by atoms with van der Waals surface area (Å²) in [4.78, 5) is 11.6. The molecule has 2 heterocycles. The Morgan fingerprint density at radius 3 is 2.94 bits per heavy atom. The maximum absolute atomic E-state index is 5.43. The summed E-state index contributed by atoms with van der Waals surface area (Å²) in [6.07, 6.45) is 1.54. The number of anilines is 1. The Kier molecular flexibility index (Phi) is 1.73. The molecule has 0 aliphatic heterocycles. The first-order valence-corrected chi connectivity index (χ1v) is 4.90. The number of rotatable bonds is 1. The average molecular weight is 214 g/mol. The number of benzene rings is 1. The number of nitrogen functional groups attached to an aromatic ring is 1. The predicted molar refractivity (Wildman–Crippen MR) is 60.7 cm³/mol. The third-order valence-corrected chi connectivity index (χ3v) is 2.42. The third kappa shape index (κ3) is 1.33. The fourth-order valence-corrected chi connectivity index (χ4v) is 1.72. The number of hydrogen-bond donors (Lipinski definition) is 2. The summed E-state index contributed by atoms with van der Waals surface area (Å²) in [5.74, 6) is 0.895. The summed E-state index contributed by atoms with van der Waals surface area (Å²) in [5, 5.41) is 0. The number of hydrogen-bond acceptors (Lipinski definition) is 4. The molecule has 0 fully saturated rings. The third-order valence-electron chi connectivity index (χ3n) is 2.42. The molecule has 16 heavy (non-hydrogen) atoms. The highest BCUT2D eigenvalue weighted by atomic mass is 16.4. The van der Waals surface area contributed by atoms with E-state index in [1.54, 1.807) is 6.26 Å². The lowest BCUT2D eigenvalue weighted by Crippen LogP contribution is -1.83. The van der Waals surface area contributed by atoms with Gasteiger partial charge < -0.3 is 15.1 Å². The van der Waals surface area contributed by atoms with Crippen LogP contribution >= 0.6 is 0 Å². The highest BCUT2D eigenvalue weighted by Gasteiger charge is 2.06. The molecular formula is C11H10N4O. The van der Waals surface area contributed by atoms with Gasteiger partial charge in [0.15, 0.2) is 0 Å². The zero-order valence-electron chi connectivity index (χ0n) is 8.69. The van der Waals surface area contributed by atoms with Crippen LogP contribution in [0.1, 0.15) is 5.82 Å². The molecule has 0 atom stereocenters. The summed E-state index contributed by atoms with van der Waals surface area (Å²) < 4.78 is 4.98. The van der Waals surface area contributed by atoms with Crippen LogP contribution in [0.15, 0.2) is 28.9 Å². The average Bonchev–Trinajstić information content (AvgIpc) is 2.81. The fraction of sp³-hybridized carbons (Fsp3) is 0.0909. The Morgan fingerprint density at radius 1 is 1.31 bits per heavy atom. The Labute approximate surface area is 91.3 Å². The first-order valence-electron chi connectivity index (χ1n) is 4.90. The van der Waals surface area contributed by atoms with Crippen LogP contribution in [-0.4, -0.2) is 15.0 Å². The quantitative estimate of drug-likeness (QED) is 0.650. The topological polar surface area (TPSA) is 80.7 Å². The number of aryl methyl sites for hydroxylation is 1. The van der Waals surface area contributed by atoms with Gasteiger partial charge >= 0.3 is 0 Å². The first kappa shape index (κ1) is 8.96. The predicted octanol–water partition coefficient (Wildman–Crippen LogP) is 2.11. The standard InChI is InChI=1S/C11H10N4O/c1-6-13-8-3-2-7(4-9(8)14-6)10-5-16-11(12)15-10/h2-5H,1H3,(H2,12,15)(H,13,14). The lowest BCUT2D eigenvalue weighted by molar-refractivity contribution is 0.581. The number of nitrogens with one attached hydrogen (secondary N) is 1. The number of aromatic amines is 1. The van der Waals surface area contributed by atoms with Crippen LogP contribution < -0.4 is 5.73 Å². The highest BCUT2D eigenvalue weighted by Crippen LogP contribution is 2.23. The summed E-state index contributed by atoms with van der Waals surface area (Å²) in [5.41, 5.74) is 9.04. The Morgan fingerprint density at radius 2 is 2.19 bits per heavy atom. The number of oxazole rings is 1. The molecule has 3 aromatic rings. The maximum Gasteiger partial charge on any atom is 0.292 e. The Hall–Kier alpha value is -2.30. The second-order valence-corrected chi connectivity index (χ2v) is 3.63. The van der Waals surface area contributed by atoms with Gasteiger partial charge in [0.25, 0.3) is 6.01 Å². The van der Waals surface area contributed by atoms with Gasteiger partial charge in [-0.3, -0.25) is 0 Å². The number of H-pyrrole nitrogens is 1. The van der Waals surface area contributed by atoms with Crippen LogP contribution in [0, 0.1) is 6.92 Å². The van der Waals surface area contributed by atoms with Crippen LogP contribution in [0.25, 0.3) is 22.3 Å². The van der Waals surface area contributed by atoms with Gasteiger partial charge in [-0.15, -0.1) is 0 Å². The highest BCUT2D eigenvalue weighted by molar-refractivity contribution is 5.81. The zero-order valence-corrected chi connectivity index (χ0v) is 8.69. The van der Waals surface area contributed by atoms with Crippen molar-refractivity contribution in [3.05, 3.63) is 30.3 Å². The molecule has 5 heteroatoms. The van der Waals surface area contributed by atoms with Crippen LogP contribution in [0.2, 0.25) is 0 Å². The molecule has 0 saturated heterocycles. The van der Waals surface area contributed by atoms with E-state index in [4.69, 9.17) is 10.2 Å². The van der Waals surface area contributed by atoms with Gasteiger partial charge in [0.05, 0.1) is 11.0 Å². The molecular weight excluding hydrogens is 204 g/mol. The van der Waals surface area contributed by atoms with E-state index in [2.05, 4.69) is 15.0 Å². The number of fused-ring (bicyclic) bond motifs is 1. The van der Waals surface area contributed by atoms with Gasteiger partial charge in [-0.2, -0.15) is 4.98 Å². The van der Waals surface area contributed by atoms with E-state index in [1.807, 2.05) is 25.1 Å². The lowest BCUT2D eigenvalue weighted by atomic mass is 10.1. The van der Waals surface area contributed by atoms with Crippen LogP contribution in [0.3, 0.4) is 0 Å². The van der Waals surface area contributed by atoms with Crippen molar-refractivity contribution in [3.63, 3.8) is 0 Å². The SMILES string of the molecule is Cc1nc2ccc(-c3coc(N)n3)cc2[nH]1. The summed E-state index contributed by atoms with van der Waals surface area (Å²) in [6.45, 7) is 1.92. The molecule has 0 aliphatic rings. The van der Waals surface area contributed by atoms with Crippen molar-refractivity contribution in [1.82, 2.24) is 15.0 Å². The summed E-state index contributed by atoms with van der Waals surface area (Å²) >= 11 is 0. The minimum atomic E-state index is 0.177. The second kappa shape index (κ2) is 3.10. The van der Waals surface area contributed by atoms with E-state index < -0.39 is 0 Å². The summed E-state index contributed by atoms with van der Waals surface area (Å²) in [6, 6.07) is 6.04. The van der Waals surface area contributed by atoms with Crippen molar-refractivity contribution in [2.45, 2.75) is 6.92 Å². The monoisotopic (exact) mass is 214 g/mol. The Balaban J connectivity index is 2.17. The molecule has 0 aliphatic carbocycles. The zero-order chi connectivity index (χ0) is 11.1. The van der Waals surface area contributed by atoms with Crippen molar-refractivity contribution in [2.24, 2.45) is 0 Å². The van der Waals surface area contributed by atoms with Crippen molar-refractivity contribution in [2.75, 3.05) is 5.73 Å². The van der Waals surface area contributed by atoms with Gasteiger partial charge in [0.2, 0.25) is 0 Å². The van der Waals surface area contributed by atoms with E-state index in [1.165, 1.54) is 0 Å². The smallest absolute Gasteiger partial charge is 0.292 e. The van der Waals surface area contributed by atoms with Gasteiger partial charge in [-0.1, -0.05) is 6.07 Å². The molecule has 5 nitrogen and oxygen atoms in total. The fourth-order valence-electron chi connectivity index (χ4n) is 1.72. The minimum Gasteiger partial charge on any atom is -0.432 e. The van der Waals surface area contributed by atoms with E-state index in [0.717, 1.165) is 28.1 Å². The molecule has 0 amide bonds. The number of aromatic nitrogens is 3. The van der Waals surface area contributed by atoms with Crippen molar-refractivity contribution < 1.29 is 4.42 Å². The number of imidazole rings is 1. The molecule has 1 aromatic carbocycles. The minimum absolute atomic E-state index is 0.177. The number of nitrogens with zero attached hydrogens (tertiary/aromatic N) is 2. The van der Waals surface area contributed by atoms with Crippen molar-refractivity contribution >= 4 is 17.0 Å².